The van der Waals surface area contributed by atoms with Crippen molar-refractivity contribution in [3.63, 3.8) is 0 Å². The third-order valence-electron chi connectivity index (χ3n) is 6.73. The van der Waals surface area contributed by atoms with Crippen LogP contribution in [0.2, 0.25) is 0 Å². The van der Waals surface area contributed by atoms with Gasteiger partial charge in [0.25, 0.3) is 0 Å². The van der Waals surface area contributed by atoms with Crippen LogP contribution in [0.15, 0.2) is 4.99 Å². The van der Waals surface area contributed by atoms with E-state index in [0.717, 1.165) is 24.3 Å². The van der Waals surface area contributed by atoms with Crippen LogP contribution >= 0.6 is 24.0 Å². The smallest absolute Gasteiger partial charge is 0.193 e. The van der Waals surface area contributed by atoms with Crippen LogP contribution in [0.5, 0.6) is 0 Å². The van der Waals surface area contributed by atoms with Gasteiger partial charge in [-0.05, 0) is 37.6 Å². The number of piperazine rings is 1. The lowest BCUT2D eigenvalue weighted by atomic mass is 9.82. The van der Waals surface area contributed by atoms with Crippen LogP contribution in [0.25, 0.3) is 0 Å². The number of fused-ring (bicyclic) bond motifs is 1. The van der Waals surface area contributed by atoms with Crippen LogP contribution in [0.3, 0.4) is 0 Å². The van der Waals surface area contributed by atoms with Gasteiger partial charge in [0, 0.05) is 58.9 Å². The van der Waals surface area contributed by atoms with Gasteiger partial charge in [-0.2, -0.15) is 0 Å². The SMILES string of the molecule is CN=C(NCC(C(C)C)N1CCN(C)CC1)N1CC2CCCCC2C1.I. The van der Waals surface area contributed by atoms with E-state index in [1.165, 1.54) is 65.0 Å². The summed E-state index contributed by atoms with van der Waals surface area (Å²) in [6.07, 6.45) is 5.71. The lowest BCUT2D eigenvalue weighted by Crippen LogP contribution is -2.55. The molecule has 0 bridgehead atoms. The highest BCUT2D eigenvalue weighted by Crippen LogP contribution is 2.35. The highest BCUT2D eigenvalue weighted by molar-refractivity contribution is 14.0. The van der Waals surface area contributed by atoms with Crippen molar-refractivity contribution in [2.75, 3.05) is 59.9 Å². The van der Waals surface area contributed by atoms with Crippen molar-refractivity contribution in [2.45, 2.75) is 45.6 Å². The van der Waals surface area contributed by atoms with Gasteiger partial charge in [0.15, 0.2) is 5.96 Å². The number of rotatable bonds is 4. The van der Waals surface area contributed by atoms with Crippen molar-refractivity contribution < 1.29 is 0 Å². The van der Waals surface area contributed by atoms with Crippen LogP contribution in [0, 0.1) is 17.8 Å². The average Bonchev–Trinajstić information content (AvgIpc) is 3.03. The third kappa shape index (κ3) is 5.47. The standard InChI is InChI=1S/C20H39N5.HI/c1-16(2)19(24-11-9-23(4)10-12-24)13-22-20(21-3)25-14-17-7-5-6-8-18(17)15-25;/h16-19H,5-15H2,1-4H3,(H,21,22);1H. The molecule has 1 saturated carbocycles. The van der Waals surface area contributed by atoms with E-state index in [2.05, 4.69) is 45.9 Å². The molecule has 3 atom stereocenters. The number of likely N-dealkylation sites (tertiary alicyclic amines) is 1. The second kappa shape index (κ2) is 10.5. The summed E-state index contributed by atoms with van der Waals surface area (Å²) in [5, 5.41) is 3.73. The Morgan fingerprint density at radius 1 is 1.04 bits per heavy atom. The Morgan fingerprint density at radius 2 is 1.62 bits per heavy atom. The largest absolute Gasteiger partial charge is 0.355 e. The van der Waals surface area contributed by atoms with Crippen molar-refractivity contribution >= 4 is 29.9 Å². The molecule has 2 saturated heterocycles. The number of nitrogens with zero attached hydrogens (tertiary/aromatic N) is 4. The molecule has 2 aliphatic heterocycles. The fraction of sp³-hybridized carbons (Fsp3) is 0.950. The normalized spacial score (nSPS) is 29.4. The van der Waals surface area contributed by atoms with Crippen molar-refractivity contribution in [1.29, 1.82) is 0 Å². The summed E-state index contributed by atoms with van der Waals surface area (Å²) in [6.45, 7) is 12.9. The molecule has 5 nitrogen and oxygen atoms in total. The Morgan fingerprint density at radius 3 is 2.12 bits per heavy atom. The van der Waals surface area contributed by atoms with Gasteiger partial charge >= 0.3 is 0 Å². The lowest BCUT2D eigenvalue weighted by molar-refractivity contribution is 0.0897. The fourth-order valence-electron chi connectivity index (χ4n) is 5.05. The molecule has 0 spiro atoms. The van der Waals surface area contributed by atoms with Gasteiger partial charge in [0.05, 0.1) is 0 Å². The summed E-state index contributed by atoms with van der Waals surface area (Å²) >= 11 is 0. The maximum Gasteiger partial charge on any atom is 0.193 e. The minimum atomic E-state index is 0. The zero-order valence-electron chi connectivity index (χ0n) is 17.3. The molecule has 3 fully saturated rings. The van der Waals surface area contributed by atoms with Crippen LogP contribution in [0.1, 0.15) is 39.5 Å². The first kappa shape index (κ1) is 22.2. The predicted octanol–water partition coefficient (Wildman–Crippen LogP) is 2.57. The van der Waals surface area contributed by atoms with Gasteiger partial charge < -0.3 is 15.1 Å². The first-order valence-electron chi connectivity index (χ1n) is 10.5. The number of guanidine groups is 1. The molecule has 0 radical (unpaired) electrons. The number of hydrogen-bond acceptors (Lipinski definition) is 3. The molecule has 26 heavy (non-hydrogen) atoms. The second-order valence-electron chi connectivity index (χ2n) is 8.79. The van der Waals surface area contributed by atoms with E-state index in [1.54, 1.807) is 0 Å². The Hall–Kier alpha value is -0.0800. The minimum Gasteiger partial charge on any atom is -0.355 e. The average molecular weight is 477 g/mol. The van der Waals surface area contributed by atoms with Gasteiger partial charge in [-0.1, -0.05) is 26.7 Å². The van der Waals surface area contributed by atoms with Gasteiger partial charge in [-0.25, -0.2) is 0 Å². The summed E-state index contributed by atoms with van der Waals surface area (Å²) in [5.41, 5.74) is 0. The van der Waals surface area contributed by atoms with Crippen LogP contribution in [-0.4, -0.2) is 86.6 Å². The van der Waals surface area contributed by atoms with E-state index in [-0.39, 0.29) is 24.0 Å². The highest BCUT2D eigenvalue weighted by atomic mass is 127. The maximum atomic E-state index is 4.62. The molecule has 2 heterocycles. The molecule has 3 aliphatic rings. The van der Waals surface area contributed by atoms with E-state index in [9.17, 15) is 0 Å². The summed E-state index contributed by atoms with van der Waals surface area (Å²) in [6, 6.07) is 0.593. The van der Waals surface area contributed by atoms with Gasteiger partial charge in [-0.15, -0.1) is 24.0 Å². The van der Waals surface area contributed by atoms with Crippen molar-refractivity contribution in [3.8, 4) is 0 Å². The number of aliphatic imine (C=N–C) groups is 1. The van der Waals surface area contributed by atoms with Crippen molar-refractivity contribution in [3.05, 3.63) is 0 Å². The van der Waals surface area contributed by atoms with E-state index < -0.39 is 0 Å². The molecule has 1 aliphatic carbocycles. The molecular weight excluding hydrogens is 437 g/mol. The quantitative estimate of drug-likeness (QED) is 0.384. The molecule has 0 aromatic heterocycles. The summed E-state index contributed by atoms with van der Waals surface area (Å²) < 4.78 is 0. The highest BCUT2D eigenvalue weighted by Gasteiger charge is 2.36. The molecule has 3 unspecified atom stereocenters. The number of halogens is 1. The lowest BCUT2D eigenvalue weighted by Gasteiger charge is -2.40. The van der Waals surface area contributed by atoms with E-state index >= 15 is 0 Å². The third-order valence-corrected chi connectivity index (χ3v) is 6.73. The molecular formula is C20H40IN5. The van der Waals surface area contributed by atoms with Crippen molar-refractivity contribution in [1.82, 2.24) is 20.0 Å². The molecule has 6 heteroatoms. The number of nitrogens with one attached hydrogen (secondary N) is 1. The molecule has 0 aromatic rings. The van der Waals surface area contributed by atoms with Gasteiger partial charge in [0.2, 0.25) is 0 Å². The predicted molar refractivity (Wildman–Crippen MR) is 121 cm³/mol. The molecule has 152 valence electrons. The van der Waals surface area contributed by atoms with E-state index in [4.69, 9.17) is 0 Å². The van der Waals surface area contributed by atoms with Crippen LogP contribution < -0.4 is 5.32 Å². The molecule has 3 rings (SSSR count). The Labute approximate surface area is 178 Å². The van der Waals surface area contributed by atoms with E-state index in [1.807, 2.05) is 7.05 Å². The van der Waals surface area contributed by atoms with Crippen LogP contribution in [0.4, 0.5) is 0 Å². The maximum absolute atomic E-state index is 4.62. The Balaban J connectivity index is 0.00000243. The minimum absolute atomic E-state index is 0. The zero-order valence-corrected chi connectivity index (χ0v) is 19.6. The van der Waals surface area contributed by atoms with Gasteiger partial charge in [-0.3, -0.25) is 9.89 Å². The molecule has 1 N–H and O–H groups in total. The zero-order chi connectivity index (χ0) is 17.8. The van der Waals surface area contributed by atoms with E-state index in [0.29, 0.717) is 12.0 Å². The Kier molecular flexibility index (Phi) is 8.94. The molecule has 0 amide bonds. The molecule has 0 aromatic carbocycles. The number of hydrogen-bond donors (Lipinski definition) is 1. The second-order valence-corrected chi connectivity index (χ2v) is 8.79. The Bertz CT molecular complexity index is 433. The number of likely N-dealkylation sites (N-methyl/N-ethyl adjacent to an activating group) is 1. The first-order chi connectivity index (χ1) is 12.1. The summed E-state index contributed by atoms with van der Waals surface area (Å²) in [7, 11) is 4.18. The fourth-order valence-corrected chi connectivity index (χ4v) is 5.05. The first-order valence-corrected chi connectivity index (χ1v) is 10.5. The summed E-state index contributed by atoms with van der Waals surface area (Å²) in [4.78, 5) is 12.3. The summed E-state index contributed by atoms with van der Waals surface area (Å²) in [5.74, 6) is 3.61. The van der Waals surface area contributed by atoms with Crippen LogP contribution in [-0.2, 0) is 0 Å². The monoisotopic (exact) mass is 477 g/mol. The van der Waals surface area contributed by atoms with Crippen molar-refractivity contribution in [2.24, 2.45) is 22.7 Å². The van der Waals surface area contributed by atoms with Gasteiger partial charge in [0.1, 0.15) is 0 Å². The topological polar surface area (TPSA) is 34.1 Å².